The predicted molar refractivity (Wildman–Crippen MR) is 73.4 cm³/mol. The van der Waals surface area contributed by atoms with Crippen LogP contribution in [0.5, 0.6) is 0 Å². The summed E-state index contributed by atoms with van der Waals surface area (Å²) in [6.45, 7) is 1.92. The number of hydrogen-bond donors (Lipinski definition) is 1. The lowest BCUT2D eigenvalue weighted by Crippen LogP contribution is -2.04. The Bertz CT molecular complexity index is 545. The van der Waals surface area contributed by atoms with E-state index in [-0.39, 0.29) is 5.78 Å². The van der Waals surface area contributed by atoms with Crippen LogP contribution in [0, 0.1) is 6.92 Å². The first-order valence-electron chi connectivity index (χ1n) is 5.05. The highest BCUT2D eigenvalue weighted by atomic mass is 79.9. The van der Waals surface area contributed by atoms with Gasteiger partial charge in [-0.15, -0.1) is 11.3 Å². The highest BCUT2D eigenvalue weighted by Crippen LogP contribution is 2.19. The van der Waals surface area contributed by atoms with Gasteiger partial charge >= 0.3 is 0 Å². The molecule has 0 bridgehead atoms. The molecule has 88 valence electrons. The number of nitrogens with two attached hydrogens (primary N) is 1. The molecule has 0 fully saturated rings. The molecule has 0 amide bonds. The second-order valence-corrected chi connectivity index (χ2v) is 5.61. The molecule has 0 spiro atoms. The average molecular weight is 311 g/mol. The minimum atomic E-state index is 0.0346. The molecular weight excluding hydrogens is 300 g/mol. The van der Waals surface area contributed by atoms with E-state index in [0.717, 1.165) is 15.2 Å². The summed E-state index contributed by atoms with van der Waals surface area (Å²) < 4.78 is 0.816. The van der Waals surface area contributed by atoms with Crippen LogP contribution in [-0.4, -0.2) is 10.8 Å². The SMILES string of the molecule is Cc1csc(CC(=O)c2cc(N)cc(Br)c2)n1. The lowest BCUT2D eigenvalue weighted by molar-refractivity contribution is 0.0993. The van der Waals surface area contributed by atoms with Crippen LogP contribution in [0.2, 0.25) is 0 Å². The van der Waals surface area contributed by atoms with Crippen molar-refractivity contribution < 1.29 is 4.79 Å². The average Bonchev–Trinajstić information content (AvgIpc) is 2.62. The van der Waals surface area contributed by atoms with Gasteiger partial charge in [-0.25, -0.2) is 4.98 Å². The summed E-state index contributed by atoms with van der Waals surface area (Å²) in [4.78, 5) is 16.3. The van der Waals surface area contributed by atoms with Gasteiger partial charge in [0.2, 0.25) is 0 Å². The third-order valence-electron chi connectivity index (χ3n) is 2.22. The lowest BCUT2D eigenvalue weighted by Gasteiger charge is -2.02. The highest BCUT2D eigenvalue weighted by molar-refractivity contribution is 9.10. The number of aryl methyl sites for hydroxylation is 1. The zero-order chi connectivity index (χ0) is 12.4. The van der Waals surface area contributed by atoms with Gasteiger partial charge in [-0.2, -0.15) is 0 Å². The molecule has 5 heteroatoms. The molecule has 1 aromatic heterocycles. The molecule has 0 atom stereocenters. The fourth-order valence-corrected chi connectivity index (χ4v) is 2.78. The maximum Gasteiger partial charge on any atom is 0.169 e. The zero-order valence-electron chi connectivity index (χ0n) is 9.24. The Morgan fingerprint density at radius 2 is 2.24 bits per heavy atom. The van der Waals surface area contributed by atoms with E-state index in [1.165, 1.54) is 11.3 Å². The normalized spacial score (nSPS) is 10.5. The Morgan fingerprint density at radius 3 is 2.82 bits per heavy atom. The summed E-state index contributed by atoms with van der Waals surface area (Å²) >= 11 is 4.83. The summed E-state index contributed by atoms with van der Waals surface area (Å²) in [5, 5.41) is 2.78. The number of nitrogens with zero attached hydrogens (tertiary/aromatic N) is 1. The summed E-state index contributed by atoms with van der Waals surface area (Å²) in [6, 6.07) is 5.23. The number of carbonyl (C=O) groups excluding carboxylic acids is 1. The molecule has 3 nitrogen and oxygen atoms in total. The standard InChI is InChI=1S/C12H11BrN2OS/c1-7-6-17-12(15-7)5-11(16)8-2-9(13)4-10(14)3-8/h2-4,6H,5,14H2,1H3. The van der Waals surface area contributed by atoms with Crippen molar-refractivity contribution in [2.45, 2.75) is 13.3 Å². The third kappa shape index (κ3) is 3.14. The molecule has 0 unspecified atom stereocenters. The predicted octanol–water partition coefficient (Wildman–Crippen LogP) is 3.22. The van der Waals surface area contributed by atoms with Gasteiger partial charge in [-0.1, -0.05) is 15.9 Å². The number of anilines is 1. The second kappa shape index (κ2) is 4.98. The van der Waals surface area contributed by atoms with Crippen LogP contribution < -0.4 is 5.73 Å². The molecular formula is C12H11BrN2OS. The van der Waals surface area contributed by atoms with Crippen molar-refractivity contribution in [2.24, 2.45) is 0 Å². The van der Waals surface area contributed by atoms with Crippen molar-refractivity contribution in [3.63, 3.8) is 0 Å². The van der Waals surface area contributed by atoms with E-state index < -0.39 is 0 Å². The molecule has 0 saturated carbocycles. The van der Waals surface area contributed by atoms with Crippen LogP contribution in [0.25, 0.3) is 0 Å². The van der Waals surface area contributed by atoms with Crippen molar-refractivity contribution >= 4 is 38.7 Å². The van der Waals surface area contributed by atoms with Gasteiger partial charge in [0.15, 0.2) is 5.78 Å². The third-order valence-corrected chi connectivity index (χ3v) is 3.64. The van der Waals surface area contributed by atoms with Crippen molar-refractivity contribution in [3.8, 4) is 0 Å². The maximum absolute atomic E-state index is 12.0. The van der Waals surface area contributed by atoms with E-state index in [0.29, 0.717) is 17.7 Å². The van der Waals surface area contributed by atoms with Gasteiger partial charge in [0, 0.05) is 26.8 Å². The van der Waals surface area contributed by atoms with Crippen molar-refractivity contribution in [3.05, 3.63) is 44.3 Å². The van der Waals surface area contributed by atoms with Gasteiger partial charge in [-0.05, 0) is 25.1 Å². The monoisotopic (exact) mass is 310 g/mol. The molecule has 0 aliphatic heterocycles. The van der Waals surface area contributed by atoms with Gasteiger partial charge in [0.1, 0.15) is 5.01 Å². The number of benzene rings is 1. The second-order valence-electron chi connectivity index (χ2n) is 3.76. The minimum absolute atomic E-state index is 0.0346. The molecule has 0 radical (unpaired) electrons. The Labute approximate surface area is 112 Å². The number of Topliss-reactive ketones (excluding diaryl/α,β-unsaturated/α-hetero) is 1. The van der Waals surface area contributed by atoms with Crippen molar-refractivity contribution in [2.75, 3.05) is 5.73 Å². The summed E-state index contributed by atoms with van der Waals surface area (Å²) in [5.74, 6) is 0.0346. The number of halogens is 1. The van der Waals surface area contributed by atoms with E-state index >= 15 is 0 Å². The van der Waals surface area contributed by atoms with E-state index in [4.69, 9.17) is 5.73 Å². The summed E-state index contributed by atoms with van der Waals surface area (Å²) in [6.07, 6.45) is 0.328. The molecule has 0 saturated heterocycles. The van der Waals surface area contributed by atoms with Gasteiger partial charge in [-0.3, -0.25) is 4.79 Å². The minimum Gasteiger partial charge on any atom is -0.399 e. The highest BCUT2D eigenvalue weighted by Gasteiger charge is 2.10. The van der Waals surface area contributed by atoms with E-state index in [1.807, 2.05) is 12.3 Å². The van der Waals surface area contributed by atoms with E-state index in [2.05, 4.69) is 20.9 Å². The maximum atomic E-state index is 12.0. The number of ketones is 1. The van der Waals surface area contributed by atoms with Gasteiger partial charge in [0.05, 0.1) is 6.42 Å². The molecule has 0 aliphatic rings. The molecule has 0 aliphatic carbocycles. The van der Waals surface area contributed by atoms with Crippen molar-refractivity contribution in [1.29, 1.82) is 0 Å². The number of thiazole rings is 1. The van der Waals surface area contributed by atoms with Crippen LogP contribution in [0.3, 0.4) is 0 Å². The van der Waals surface area contributed by atoms with Crippen LogP contribution in [0.4, 0.5) is 5.69 Å². The quantitative estimate of drug-likeness (QED) is 0.699. The Kier molecular flexibility index (Phi) is 3.59. The molecule has 2 rings (SSSR count). The molecule has 2 N–H and O–H groups in total. The number of rotatable bonds is 3. The Hall–Kier alpha value is -1.20. The van der Waals surface area contributed by atoms with E-state index in [9.17, 15) is 4.79 Å². The van der Waals surface area contributed by atoms with Crippen LogP contribution >= 0.6 is 27.3 Å². The molecule has 2 aromatic rings. The van der Waals surface area contributed by atoms with E-state index in [1.54, 1.807) is 18.2 Å². The summed E-state index contributed by atoms with van der Waals surface area (Å²) in [5.41, 5.74) is 7.85. The number of hydrogen-bond acceptors (Lipinski definition) is 4. The van der Waals surface area contributed by atoms with Crippen LogP contribution in [0.1, 0.15) is 21.1 Å². The first kappa shape index (κ1) is 12.3. The molecule has 1 aromatic carbocycles. The fraction of sp³-hybridized carbons (Fsp3) is 0.167. The fourth-order valence-electron chi connectivity index (χ4n) is 1.50. The van der Waals surface area contributed by atoms with Gasteiger partial charge < -0.3 is 5.73 Å². The van der Waals surface area contributed by atoms with Gasteiger partial charge in [0.25, 0.3) is 0 Å². The van der Waals surface area contributed by atoms with Crippen LogP contribution in [0.15, 0.2) is 28.1 Å². The molecule has 1 heterocycles. The molecule has 17 heavy (non-hydrogen) atoms. The topological polar surface area (TPSA) is 56.0 Å². The van der Waals surface area contributed by atoms with Crippen LogP contribution in [-0.2, 0) is 6.42 Å². The number of nitrogen functional groups attached to an aromatic ring is 1. The Morgan fingerprint density at radius 1 is 1.47 bits per heavy atom. The zero-order valence-corrected chi connectivity index (χ0v) is 11.6. The van der Waals surface area contributed by atoms with Crippen molar-refractivity contribution in [1.82, 2.24) is 4.98 Å². The number of aromatic nitrogens is 1. The largest absolute Gasteiger partial charge is 0.399 e. The smallest absolute Gasteiger partial charge is 0.169 e. The Balaban J connectivity index is 2.19. The summed E-state index contributed by atoms with van der Waals surface area (Å²) in [7, 11) is 0. The first-order chi connectivity index (χ1) is 8.04. The first-order valence-corrected chi connectivity index (χ1v) is 6.72. The number of carbonyl (C=O) groups is 1. The lowest BCUT2D eigenvalue weighted by atomic mass is 10.1.